The van der Waals surface area contributed by atoms with Crippen molar-refractivity contribution in [2.75, 3.05) is 10.2 Å². The molecule has 30 heavy (non-hydrogen) atoms. The number of nitrogens with one attached hydrogen (secondary N) is 2. The van der Waals surface area contributed by atoms with Gasteiger partial charge in [0.15, 0.2) is 0 Å². The molecule has 4 rings (SSSR count). The molecule has 1 aromatic heterocycles. The van der Waals surface area contributed by atoms with Gasteiger partial charge in [0.1, 0.15) is 17.3 Å². The summed E-state index contributed by atoms with van der Waals surface area (Å²) in [5.41, 5.74) is 1.10. The van der Waals surface area contributed by atoms with Crippen LogP contribution in [0.3, 0.4) is 0 Å². The van der Waals surface area contributed by atoms with Crippen molar-refractivity contribution in [3.8, 4) is 0 Å². The van der Waals surface area contributed by atoms with Gasteiger partial charge in [-0.15, -0.1) is 0 Å². The minimum absolute atomic E-state index is 0.167. The van der Waals surface area contributed by atoms with E-state index in [1.807, 2.05) is 44.2 Å². The van der Waals surface area contributed by atoms with Crippen LogP contribution >= 0.6 is 0 Å². The average molecular weight is 403 g/mol. The Morgan fingerprint density at radius 1 is 1.03 bits per heavy atom. The first-order valence-corrected chi connectivity index (χ1v) is 9.52. The molecule has 0 bridgehead atoms. The van der Waals surface area contributed by atoms with Gasteiger partial charge < -0.3 is 15.0 Å². The van der Waals surface area contributed by atoms with E-state index in [-0.39, 0.29) is 17.2 Å². The van der Waals surface area contributed by atoms with E-state index >= 15 is 0 Å². The molecule has 2 heterocycles. The molecule has 0 spiro atoms. The molecule has 3 aromatic rings. The first kappa shape index (κ1) is 19.4. The second-order valence-electron chi connectivity index (χ2n) is 7.58. The Balaban J connectivity index is 1.61. The van der Waals surface area contributed by atoms with Crippen molar-refractivity contribution in [2.45, 2.75) is 25.5 Å². The zero-order valence-corrected chi connectivity index (χ0v) is 16.6. The van der Waals surface area contributed by atoms with E-state index in [4.69, 9.17) is 4.74 Å². The zero-order valence-electron chi connectivity index (χ0n) is 16.6. The topological polar surface area (TPSA) is 91.5 Å². The van der Waals surface area contributed by atoms with Gasteiger partial charge in [-0.25, -0.2) is 4.79 Å². The van der Waals surface area contributed by atoms with Gasteiger partial charge in [0.05, 0.1) is 0 Å². The van der Waals surface area contributed by atoms with Gasteiger partial charge in [0.25, 0.3) is 5.91 Å². The predicted molar refractivity (Wildman–Crippen MR) is 114 cm³/mol. The molecule has 0 unspecified atom stereocenters. The van der Waals surface area contributed by atoms with Crippen LogP contribution in [0.4, 0.5) is 16.2 Å². The fourth-order valence-corrected chi connectivity index (χ4v) is 3.67. The number of cyclic esters (lactones) is 1. The molecule has 2 amide bonds. The number of carbonyl (C=O) groups is 2. The van der Waals surface area contributed by atoms with Gasteiger partial charge >= 0.3 is 6.09 Å². The first-order valence-electron chi connectivity index (χ1n) is 9.52. The summed E-state index contributed by atoms with van der Waals surface area (Å²) >= 11 is 0. The van der Waals surface area contributed by atoms with Crippen LogP contribution < -0.4 is 15.6 Å². The second kappa shape index (κ2) is 7.51. The van der Waals surface area contributed by atoms with E-state index in [2.05, 4.69) is 10.3 Å². The molecular weight excluding hydrogens is 382 g/mol. The standard InChI is InChI=1S/C23H21N3O4/c1-23(2)20(15-6-4-3-5-7-15)26(22(29)30-23)17-10-8-16(9-11-17)21(28)25-18-14-24-13-12-19(18)27/h3-14,20H,1-2H3,(H,24,27)(H,25,28)/t20-/m0/s1. The normalized spacial score (nSPS) is 17.5. The molecule has 0 saturated carbocycles. The average Bonchev–Trinajstić information content (AvgIpc) is 2.98. The summed E-state index contributed by atoms with van der Waals surface area (Å²) < 4.78 is 5.62. The number of H-pyrrole nitrogens is 1. The Hall–Kier alpha value is -3.87. The van der Waals surface area contributed by atoms with Crippen LogP contribution in [0.2, 0.25) is 0 Å². The Bertz CT molecular complexity index is 1140. The molecule has 152 valence electrons. The van der Waals surface area contributed by atoms with E-state index in [9.17, 15) is 14.4 Å². The van der Waals surface area contributed by atoms with E-state index < -0.39 is 17.6 Å². The van der Waals surface area contributed by atoms with E-state index in [1.165, 1.54) is 18.5 Å². The number of carbonyl (C=O) groups excluding carboxylic acids is 2. The van der Waals surface area contributed by atoms with Crippen molar-refractivity contribution in [2.24, 2.45) is 0 Å². The van der Waals surface area contributed by atoms with Gasteiger partial charge in [-0.3, -0.25) is 14.5 Å². The molecule has 1 aliphatic rings. The molecular formula is C23H21N3O4. The molecule has 1 fully saturated rings. The fourth-order valence-electron chi connectivity index (χ4n) is 3.67. The maximum atomic E-state index is 12.7. The minimum atomic E-state index is -0.719. The van der Waals surface area contributed by atoms with Crippen molar-refractivity contribution in [3.63, 3.8) is 0 Å². The molecule has 1 saturated heterocycles. The quantitative estimate of drug-likeness (QED) is 0.686. The number of aromatic amines is 1. The highest BCUT2D eigenvalue weighted by Crippen LogP contribution is 2.43. The Morgan fingerprint density at radius 2 is 1.73 bits per heavy atom. The number of pyridine rings is 1. The van der Waals surface area contributed by atoms with E-state index in [0.29, 0.717) is 11.3 Å². The van der Waals surface area contributed by atoms with Crippen LogP contribution in [0.15, 0.2) is 77.9 Å². The third kappa shape index (κ3) is 3.57. The Morgan fingerprint density at radius 3 is 2.40 bits per heavy atom. The second-order valence-corrected chi connectivity index (χ2v) is 7.58. The monoisotopic (exact) mass is 403 g/mol. The number of amides is 2. The van der Waals surface area contributed by atoms with Crippen LogP contribution in [0.25, 0.3) is 0 Å². The molecule has 1 aliphatic heterocycles. The lowest BCUT2D eigenvalue weighted by Gasteiger charge is -2.29. The van der Waals surface area contributed by atoms with Crippen molar-refractivity contribution in [1.29, 1.82) is 0 Å². The van der Waals surface area contributed by atoms with Crippen LogP contribution in [0.1, 0.15) is 35.8 Å². The zero-order chi connectivity index (χ0) is 21.3. The number of nitrogens with zero attached hydrogens (tertiary/aromatic N) is 1. The summed E-state index contributed by atoms with van der Waals surface area (Å²) in [5.74, 6) is -0.415. The highest BCUT2D eigenvalue weighted by molar-refractivity contribution is 6.04. The highest BCUT2D eigenvalue weighted by atomic mass is 16.6. The lowest BCUT2D eigenvalue weighted by molar-refractivity contribution is 0.0685. The van der Waals surface area contributed by atoms with Gasteiger partial charge in [0.2, 0.25) is 5.43 Å². The van der Waals surface area contributed by atoms with E-state index in [1.54, 1.807) is 29.2 Å². The molecule has 2 N–H and O–H groups in total. The summed E-state index contributed by atoms with van der Waals surface area (Å²) in [6.45, 7) is 3.75. The summed E-state index contributed by atoms with van der Waals surface area (Å²) in [4.78, 5) is 41.3. The SMILES string of the molecule is CC1(C)OC(=O)N(c2ccc(C(=O)Nc3c[nH]ccc3=O)cc2)[C@H]1c1ccccc1. The number of hydrogen-bond acceptors (Lipinski definition) is 4. The number of anilines is 2. The minimum Gasteiger partial charge on any atom is -0.441 e. The summed E-state index contributed by atoms with van der Waals surface area (Å²) in [7, 11) is 0. The maximum Gasteiger partial charge on any atom is 0.415 e. The van der Waals surface area contributed by atoms with Crippen LogP contribution in [0, 0.1) is 0 Å². The first-order chi connectivity index (χ1) is 14.4. The lowest BCUT2D eigenvalue weighted by Crippen LogP contribution is -2.33. The molecule has 1 atom stereocenters. The smallest absolute Gasteiger partial charge is 0.415 e. The fraction of sp³-hybridized carbons (Fsp3) is 0.174. The molecule has 0 radical (unpaired) electrons. The van der Waals surface area contributed by atoms with Crippen LogP contribution in [-0.2, 0) is 4.74 Å². The van der Waals surface area contributed by atoms with Crippen molar-refractivity contribution >= 4 is 23.4 Å². The summed E-state index contributed by atoms with van der Waals surface area (Å²) in [6.07, 6.45) is 2.48. The number of hydrogen-bond donors (Lipinski definition) is 2. The predicted octanol–water partition coefficient (Wildman–Crippen LogP) is 4.10. The van der Waals surface area contributed by atoms with Gasteiger partial charge in [-0.1, -0.05) is 30.3 Å². The van der Waals surface area contributed by atoms with Gasteiger partial charge in [-0.2, -0.15) is 0 Å². The maximum absolute atomic E-state index is 12.7. The number of aromatic nitrogens is 1. The molecule has 0 aliphatic carbocycles. The number of ether oxygens (including phenoxy) is 1. The van der Waals surface area contributed by atoms with Crippen molar-refractivity contribution < 1.29 is 14.3 Å². The third-order valence-corrected chi connectivity index (χ3v) is 5.06. The molecule has 7 nitrogen and oxygen atoms in total. The van der Waals surface area contributed by atoms with Crippen molar-refractivity contribution in [3.05, 3.63) is 94.4 Å². The highest BCUT2D eigenvalue weighted by Gasteiger charge is 2.49. The molecule has 2 aromatic carbocycles. The van der Waals surface area contributed by atoms with E-state index in [0.717, 1.165) is 5.56 Å². The number of rotatable bonds is 4. The summed E-state index contributed by atoms with van der Waals surface area (Å²) in [5, 5.41) is 2.58. The largest absolute Gasteiger partial charge is 0.441 e. The van der Waals surface area contributed by atoms with Gasteiger partial charge in [-0.05, 0) is 43.7 Å². The summed E-state index contributed by atoms with van der Waals surface area (Å²) in [6, 6.07) is 17.3. The van der Waals surface area contributed by atoms with Crippen LogP contribution in [0.5, 0.6) is 0 Å². The molecule has 7 heteroatoms. The number of benzene rings is 2. The van der Waals surface area contributed by atoms with Gasteiger partial charge in [0, 0.05) is 29.7 Å². The van der Waals surface area contributed by atoms with Crippen molar-refractivity contribution in [1.82, 2.24) is 4.98 Å². The Labute approximate surface area is 173 Å². The lowest BCUT2D eigenvalue weighted by atomic mass is 9.91. The van der Waals surface area contributed by atoms with Crippen LogP contribution in [-0.4, -0.2) is 22.6 Å². The third-order valence-electron chi connectivity index (χ3n) is 5.06. The Kier molecular flexibility index (Phi) is 4.87.